The standard InChI is InChI=1S/C29H34N2O3.C26H32N2O5.C25H30Cl2N2O3.C25H27Cl2NO4/c32-27(21-34-28-8-3-5-22(17-28)19-31-14-4-9-29(31)33)20-30-15-12-24(13-16-30)26-11-10-23-6-1-2-7-25(23)18-26;29-22(17-31-23-5-2-1-4-21(23)15-28-11-3-6-26(28)30)16-27-12-9-19(10-13-27)20-7-8-24-25(14-20)33-18-32-24;26-23-7-6-20(14-24(23)27)19-8-11-28(12-9-19)16-21(30)17-32-22-4-1-3-18(13-22)15-29-10-2-5-25(29)31;26-23-5-4-19(14-24(23)27)18-6-9-28(10-7-18)15-21(29)16-32-22-3-1-2-17(13-22)12-20-8-11-31-25(20)30/h1-3,5-8,10-11,17-18,24,27,32H,4,9,12-16,19-21H2;1-2,4-5,7-8,14,19,22,29H,3,6,9-13,15-18H2;1,3-4,6-7,13-14,19,21,30H,2,5,8-12,15-17H2;1-5,12-14,18,21,29H,6-11,15-16H2/b;;;20-12+. The fourth-order valence-electron chi connectivity index (χ4n) is 19.1. The van der Waals surface area contributed by atoms with Crippen molar-refractivity contribution in [1.82, 2.24) is 34.3 Å². The van der Waals surface area contributed by atoms with Crippen LogP contribution < -0.4 is 28.4 Å². The van der Waals surface area contributed by atoms with Gasteiger partial charge in [0.15, 0.2) is 11.5 Å². The number of piperidine rings is 4. The average Bonchev–Trinajstić information content (AvgIpc) is 1.75. The van der Waals surface area contributed by atoms with E-state index in [0.717, 1.165) is 194 Å². The molecule has 131 heavy (non-hydrogen) atoms. The Labute approximate surface area is 789 Å². The summed E-state index contributed by atoms with van der Waals surface area (Å²) < 4.78 is 39.4. The number of fused-ring (bicyclic) bond motifs is 2. The maximum Gasteiger partial charge on any atom is 0.334 e. The zero-order chi connectivity index (χ0) is 91.0. The summed E-state index contributed by atoms with van der Waals surface area (Å²) in [6.07, 6.45) is 13.4. The molecule has 0 aliphatic carbocycles. The van der Waals surface area contributed by atoms with Gasteiger partial charge in [-0.2, -0.15) is 0 Å². The van der Waals surface area contributed by atoms with Crippen molar-refractivity contribution in [3.8, 4) is 34.5 Å². The second kappa shape index (κ2) is 47.9. The summed E-state index contributed by atoms with van der Waals surface area (Å²) in [5.41, 5.74) is 9.86. The van der Waals surface area contributed by atoms with Crippen LogP contribution in [0.15, 0.2) is 200 Å². The van der Waals surface area contributed by atoms with E-state index in [9.17, 15) is 39.6 Å². The number of para-hydroxylation sites is 1. The number of benzene rings is 9. The molecule has 0 radical (unpaired) electrons. The van der Waals surface area contributed by atoms with Gasteiger partial charge in [-0.05, 0) is 281 Å². The van der Waals surface area contributed by atoms with Crippen LogP contribution in [0.5, 0.6) is 34.5 Å². The van der Waals surface area contributed by atoms with Gasteiger partial charge in [0, 0.05) is 102 Å². The lowest BCUT2D eigenvalue weighted by Gasteiger charge is -2.33. The van der Waals surface area contributed by atoms with E-state index in [4.69, 9.17) is 79.6 Å². The molecule has 4 atom stereocenters. The molecule has 9 aromatic rings. The molecule has 22 nitrogen and oxygen atoms in total. The number of halogens is 4. The van der Waals surface area contributed by atoms with E-state index in [2.05, 4.69) is 86.3 Å². The number of esters is 1. The lowest BCUT2D eigenvalue weighted by molar-refractivity contribution is -0.135. The normalized spacial score (nSPS) is 19.2. The number of amides is 3. The third-order valence-electron chi connectivity index (χ3n) is 26.4. The van der Waals surface area contributed by atoms with Crippen molar-refractivity contribution in [2.75, 3.05) is 138 Å². The number of ether oxygens (including phenoxy) is 7. The van der Waals surface area contributed by atoms with E-state index in [0.29, 0.717) is 140 Å². The maximum absolute atomic E-state index is 12.0. The molecule has 18 rings (SSSR count). The van der Waals surface area contributed by atoms with Gasteiger partial charge in [-0.25, -0.2) is 4.79 Å². The molecule has 26 heteroatoms. The highest BCUT2D eigenvalue weighted by atomic mass is 35.5. The van der Waals surface area contributed by atoms with Gasteiger partial charge in [-0.15, -0.1) is 0 Å². The number of hydrogen-bond acceptors (Lipinski definition) is 19. The minimum absolute atomic E-state index is 0.203. The molecule has 696 valence electrons. The number of aliphatic hydroxyl groups is 4. The van der Waals surface area contributed by atoms with Crippen LogP contribution in [0.2, 0.25) is 20.1 Å². The molecule has 0 bridgehead atoms. The van der Waals surface area contributed by atoms with Crippen LogP contribution in [0.25, 0.3) is 16.8 Å². The molecule has 9 aromatic carbocycles. The zero-order valence-corrected chi connectivity index (χ0v) is 77.7. The first-order valence-electron chi connectivity index (χ1n) is 46.7. The van der Waals surface area contributed by atoms with Crippen LogP contribution in [-0.2, 0) is 43.5 Å². The van der Waals surface area contributed by atoms with Crippen LogP contribution in [0, 0.1) is 0 Å². The average molecular weight is 1860 g/mol. The Balaban J connectivity index is 0.000000134. The van der Waals surface area contributed by atoms with Crippen LogP contribution in [-0.4, -0.2) is 241 Å². The van der Waals surface area contributed by atoms with Gasteiger partial charge in [0.05, 0.1) is 26.7 Å². The predicted octanol–water partition coefficient (Wildman–Crippen LogP) is 17.4. The molecule has 9 aliphatic heterocycles. The number of hydrogen-bond donors (Lipinski definition) is 4. The topological polar surface area (TPSA) is 236 Å². The smallest absolute Gasteiger partial charge is 0.334 e. The number of rotatable bonds is 31. The Kier molecular flexibility index (Phi) is 35.1. The Morgan fingerprint density at radius 3 is 1.22 bits per heavy atom. The summed E-state index contributed by atoms with van der Waals surface area (Å²) in [6.45, 7) is 16.0. The molecule has 8 fully saturated rings. The van der Waals surface area contributed by atoms with Gasteiger partial charge in [0.1, 0.15) is 73.8 Å². The third kappa shape index (κ3) is 28.3. The van der Waals surface area contributed by atoms with Crippen molar-refractivity contribution in [2.45, 2.75) is 164 Å². The number of cyclic esters (lactones) is 1. The van der Waals surface area contributed by atoms with Crippen LogP contribution in [0.4, 0.5) is 0 Å². The fraction of sp³-hybridized carbons (Fsp3) is 0.448. The highest BCUT2D eigenvalue weighted by Crippen LogP contribution is 2.40. The van der Waals surface area contributed by atoms with Crippen molar-refractivity contribution >= 4 is 86.9 Å². The SMILES string of the molecule is O=C1CCCN1Cc1cccc(OCC(O)CN2CCC(c3ccc(Cl)c(Cl)c3)CC2)c1.O=C1CCCN1Cc1cccc(OCC(O)CN2CCC(c3ccc4ccccc4c3)CC2)c1.O=C1CCCN1Cc1ccccc1OCC(O)CN1CCC(c2ccc3c(c2)OCO3)CC1.O=C1OCC/C1=C\c1cccc(OCC(O)CN2CCC(c3ccc(Cl)c(Cl)c3)CC2)c1. The van der Waals surface area contributed by atoms with E-state index in [1.54, 1.807) is 0 Å². The number of carbonyl (C=O) groups is 4. The Morgan fingerprint density at radius 1 is 0.359 bits per heavy atom. The van der Waals surface area contributed by atoms with Crippen LogP contribution >= 0.6 is 46.4 Å². The first kappa shape index (κ1) is 96.1. The zero-order valence-electron chi connectivity index (χ0n) is 74.7. The quantitative estimate of drug-likeness (QED) is 0.0233. The molecule has 0 spiro atoms. The minimum atomic E-state index is -0.580. The van der Waals surface area contributed by atoms with Gasteiger partial charge in [-0.1, -0.05) is 162 Å². The minimum Gasteiger partial charge on any atom is -0.491 e. The summed E-state index contributed by atoms with van der Waals surface area (Å²) in [5, 5.41) is 47.1. The molecule has 9 heterocycles. The molecule has 0 saturated carbocycles. The van der Waals surface area contributed by atoms with Crippen molar-refractivity contribution in [1.29, 1.82) is 0 Å². The molecule has 8 saturated heterocycles. The summed E-state index contributed by atoms with van der Waals surface area (Å²) in [5.74, 6) is 6.98. The van der Waals surface area contributed by atoms with E-state index in [1.165, 1.54) is 33.0 Å². The van der Waals surface area contributed by atoms with E-state index < -0.39 is 24.4 Å². The van der Waals surface area contributed by atoms with Crippen molar-refractivity contribution in [3.05, 3.63) is 264 Å². The molecule has 0 aromatic heterocycles. The van der Waals surface area contributed by atoms with E-state index in [-0.39, 0.29) is 50.1 Å². The lowest BCUT2D eigenvalue weighted by Crippen LogP contribution is -2.40. The monoisotopic (exact) mass is 1860 g/mol. The van der Waals surface area contributed by atoms with Crippen molar-refractivity contribution < 1.29 is 72.8 Å². The first-order chi connectivity index (χ1) is 63.7. The number of likely N-dealkylation sites (tertiary alicyclic amines) is 7. The summed E-state index contributed by atoms with van der Waals surface area (Å²) in [6, 6.07) is 64.4. The Bertz CT molecular complexity index is 5310. The summed E-state index contributed by atoms with van der Waals surface area (Å²) in [4.78, 5) is 62.2. The van der Waals surface area contributed by atoms with Gasteiger partial charge < -0.3 is 87.9 Å². The first-order valence-corrected chi connectivity index (χ1v) is 48.2. The number of aliphatic hydroxyl groups excluding tert-OH is 4. The number of carbonyl (C=O) groups excluding carboxylic acids is 4. The van der Waals surface area contributed by atoms with Gasteiger partial charge >= 0.3 is 5.97 Å². The molecule has 4 unspecified atom stereocenters. The highest BCUT2D eigenvalue weighted by molar-refractivity contribution is 6.42. The van der Waals surface area contributed by atoms with Gasteiger partial charge in [-0.3, -0.25) is 14.4 Å². The predicted molar refractivity (Wildman–Crippen MR) is 512 cm³/mol. The van der Waals surface area contributed by atoms with Crippen molar-refractivity contribution in [2.24, 2.45) is 0 Å². The molecule has 4 N–H and O–H groups in total. The Morgan fingerprint density at radius 2 is 0.763 bits per heavy atom. The molecule has 9 aliphatic rings. The highest BCUT2D eigenvalue weighted by Gasteiger charge is 2.31. The van der Waals surface area contributed by atoms with Crippen LogP contribution in [0.1, 0.15) is 164 Å². The maximum atomic E-state index is 12.0. The van der Waals surface area contributed by atoms with Gasteiger partial charge in [0.2, 0.25) is 24.5 Å². The lowest BCUT2D eigenvalue weighted by atomic mass is 9.88. The fourth-order valence-corrected chi connectivity index (χ4v) is 19.7. The van der Waals surface area contributed by atoms with Crippen LogP contribution in [0.3, 0.4) is 0 Å². The molecular formula is C105H123Cl4N7O15. The van der Waals surface area contributed by atoms with E-state index in [1.807, 2.05) is 148 Å². The Hall–Kier alpha value is -9.50. The van der Waals surface area contributed by atoms with E-state index >= 15 is 0 Å². The second-order valence-corrected chi connectivity index (χ2v) is 37.6. The summed E-state index contributed by atoms with van der Waals surface area (Å²) in [7, 11) is 0. The molecular weight excluding hydrogens is 1740 g/mol. The number of nitrogens with zero attached hydrogens (tertiary/aromatic N) is 7. The number of β-amino-alcohol motifs (C(OH)–C–C–N with tert-alkyl or cyclic N) is 4. The van der Waals surface area contributed by atoms with Gasteiger partial charge in [0.25, 0.3) is 0 Å². The second-order valence-electron chi connectivity index (χ2n) is 36.0. The third-order valence-corrected chi connectivity index (χ3v) is 27.9. The summed E-state index contributed by atoms with van der Waals surface area (Å²) >= 11 is 24.4. The van der Waals surface area contributed by atoms with Crippen molar-refractivity contribution in [3.63, 3.8) is 0 Å². The largest absolute Gasteiger partial charge is 0.491 e. The molecule has 3 amide bonds.